The van der Waals surface area contributed by atoms with E-state index in [2.05, 4.69) is 20.3 Å². The van der Waals surface area contributed by atoms with Gasteiger partial charge in [0.2, 0.25) is 5.95 Å². The van der Waals surface area contributed by atoms with Crippen molar-refractivity contribution < 1.29 is 27.9 Å². The van der Waals surface area contributed by atoms with Crippen LogP contribution >= 0.6 is 0 Å². The van der Waals surface area contributed by atoms with Gasteiger partial charge in [-0.2, -0.15) is 13.2 Å². The summed E-state index contributed by atoms with van der Waals surface area (Å²) >= 11 is 0. The number of nitrogens with one attached hydrogen (secondary N) is 1. The quantitative estimate of drug-likeness (QED) is 0.694. The summed E-state index contributed by atoms with van der Waals surface area (Å²) in [5, 5.41) is 9.95. The number of alkyl halides is 3. The lowest BCUT2D eigenvalue weighted by Crippen LogP contribution is -2.26. The van der Waals surface area contributed by atoms with Crippen molar-refractivity contribution in [2.45, 2.75) is 46.3 Å². The van der Waals surface area contributed by atoms with Gasteiger partial charge < -0.3 is 20.7 Å². The topological polar surface area (TPSA) is 136 Å². The summed E-state index contributed by atoms with van der Waals surface area (Å²) in [4.78, 5) is 33.7. The number of carbonyl (C=O) groups excluding carboxylic acids is 1. The molecule has 0 aromatic carbocycles. The van der Waals surface area contributed by atoms with Crippen LogP contribution in [0.25, 0.3) is 0 Å². The Morgan fingerprint density at radius 3 is 2.21 bits per heavy atom. The third-order valence-corrected chi connectivity index (χ3v) is 3.95. The Bertz CT molecular complexity index is 893. The molecule has 0 fully saturated rings. The normalized spacial score (nSPS) is 11.1. The number of hydrogen-bond acceptors (Lipinski definition) is 6. The van der Waals surface area contributed by atoms with Crippen LogP contribution in [0.2, 0.25) is 0 Å². The molecule has 2 aromatic rings. The van der Waals surface area contributed by atoms with E-state index >= 15 is 0 Å². The fourth-order valence-electron chi connectivity index (χ4n) is 2.09. The van der Waals surface area contributed by atoms with E-state index in [-0.39, 0.29) is 23.5 Å². The van der Waals surface area contributed by atoms with Gasteiger partial charge in [0.1, 0.15) is 11.5 Å². The molecule has 9 nitrogen and oxygen atoms in total. The number of carboxylic acids is 1. The van der Waals surface area contributed by atoms with Crippen LogP contribution in [0.1, 0.15) is 53.2 Å². The predicted octanol–water partition coefficient (Wildman–Crippen LogP) is 2.10. The predicted molar refractivity (Wildman–Crippen MR) is 98.1 cm³/mol. The number of nitrogens with zero attached hydrogens (tertiary/aromatic N) is 4. The van der Waals surface area contributed by atoms with Crippen molar-refractivity contribution in [3.8, 4) is 0 Å². The van der Waals surface area contributed by atoms with E-state index in [1.807, 2.05) is 39.3 Å². The lowest BCUT2D eigenvalue weighted by atomic mass is 10.1. The van der Waals surface area contributed by atoms with Crippen molar-refractivity contribution in [1.82, 2.24) is 24.8 Å². The summed E-state index contributed by atoms with van der Waals surface area (Å²) in [5.41, 5.74) is 8.74. The van der Waals surface area contributed by atoms with Gasteiger partial charge >= 0.3 is 12.1 Å². The number of amides is 1. The van der Waals surface area contributed by atoms with Crippen LogP contribution in [0.15, 0.2) is 6.07 Å². The summed E-state index contributed by atoms with van der Waals surface area (Å²) in [5.74, 6) is -1.95. The van der Waals surface area contributed by atoms with Crippen molar-refractivity contribution in [2.24, 2.45) is 7.05 Å². The smallest absolute Gasteiger partial charge is 0.475 e. The molecule has 0 aliphatic rings. The van der Waals surface area contributed by atoms with Crippen molar-refractivity contribution in [1.29, 1.82) is 0 Å². The molecule has 0 atom stereocenters. The average molecular weight is 416 g/mol. The second kappa shape index (κ2) is 9.34. The minimum Gasteiger partial charge on any atom is -0.475 e. The molecule has 2 heterocycles. The fourth-order valence-corrected chi connectivity index (χ4v) is 2.09. The van der Waals surface area contributed by atoms with Crippen LogP contribution in [0.3, 0.4) is 0 Å². The van der Waals surface area contributed by atoms with Crippen molar-refractivity contribution in [3.63, 3.8) is 0 Å². The van der Waals surface area contributed by atoms with Gasteiger partial charge in [0.15, 0.2) is 0 Å². The maximum absolute atomic E-state index is 12.3. The van der Waals surface area contributed by atoms with Gasteiger partial charge in [-0.25, -0.2) is 19.7 Å². The first-order chi connectivity index (χ1) is 13.2. The summed E-state index contributed by atoms with van der Waals surface area (Å²) in [7, 11) is 1.93. The van der Waals surface area contributed by atoms with Crippen LogP contribution < -0.4 is 11.1 Å². The van der Waals surface area contributed by atoms with E-state index in [1.54, 1.807) is 6.07 Å². The van der Waals surface area contributed by atoms with Gasteiger partial charge in [0, 0.05) is 18.4 Å². The summed E-state index contributed by atoms with van der Waals surface area (Å²) in [6, 6.07) is 1.67. The minimum atomic E-state index is -5.08. The first-order valence-corrected chi connectivity index (χ1v) is 8.45. The Morgan fingerprint density at radius 2 is 1.79 bits per heavy atom. The van der Waals surface area contributed by atoms with Crippen LogP contribution in [-0.4, -0.2) is 42.7 Å². The Morgan fingerprint density at radius 1 is 1.24 bits per heavy atom. The highest BCUT2D eigenvalue weighted by Gasteiger charge is 2.38. The van der Waals surface area contributed by atoms with Gasteiger partial charge in [-0.3, -0.25) is 4.79 Å². The molecule has 0 saturated carbocycles. The number of halogens is 3. The number of hydrogen-bond donors (Lipinski definition) is 3. The molecule has 2 aromatic heterocycles. The van der Waals surface area contributed by atoms with E-state index in [1.165, 1.54) is 0 Å². The largest absolute Gasteiger partial charge is 0.490 e. The molecule has 29 heavy (non-hydrogen) atoms. The second-order valence-electron chi connectivity index (χ2n) is 6.43. The highest BCUT2D eigenvalue weighted by Crippen LogP contribution is 2.14. The van der Waals surface area contributed by atoms with Crippen LogP contribution in [-0.2, 0) is 18.4 Å². The van der Waals surface area contributed by atoms with E-state index in [9.17, 15) is 18.0 Å². The van der Waals surface area contributed by atoms with Gasteiger partial charge in [0.05, 0.1) is 12.2 Å². The molecule has 0 aliphatic carbocycles. The number of nitrogens with two attached hydrogens (primary N) is 1. The number of imidazole rings is 1. The van der Waals surface area contributed by atoms with Crippen molar-refractivity contribution >= 4 is 17.8 Å². The number of nitrogen functional groups attached to an aromatic ring is 1. The first-order valence-electron chi connectivity index (χ1n) is 8.45. The maximum Gasteiger partial charge on any atom is 0.490 e. The Hall–Kier alpha value is -3.18. The number of anilines is 1. The second-order valence-corrected chi connectivity index (χ2v) is 6.43. The zero-order chi connectivity index (χ0) is 22.5. The summed E-state index contributed by atoms with van der Waals surface area (Å²) in [6.07, 6.45) is -5.08. The molecule has 0 unspecified atom stereocenters. The number of aromatic nitrogens is 4. The third-order valence-electron chi connectivity index (χ3n) is 3.95. The summed E-state index contributed by atoms with van der Waals surface area (Å²) in [6.45, 7) is 8.26. The van der Waals surface area contributed by atoms with Gasteiger partial charge in [0.25, 0.3) is 5.91 Å². The number of aryl methyl sites for hydroxylation is 1. The molecule has 0 bridgehead atoms. The molecule has 2 rings (SSSR count). The summed E-state index contributed by atoms with van der Waals surface area (Å²) < 4.78 is 33.7. The lowest BCUT2D eigenvalue weighted by molar-refractivity contribution is -0.192. The molecular weight excluding hydrogens is 393 g/mol. The van der Waals surface area contributed by atoms with Gasteiger partial charge in [-0.1, -0.05) is 13.8 Å². The monoisotopic (exact) mass is 416 g/mol. The van der Waals surface area contributed by atoms with Crippen molar-refractivity contribution in [2.75, 3.05) is 5.73 Å². The maximum atomic E-state index is 12.3. The SMILES string of the molecule is Cc1nc(CNC(=O)c2cc(C(C)C)nc(N)n2)n(C)c1C.O=C(O)C(F)(F)F. The number of rotatable bonds is 4. The van der Waals surface area contributed by atoms with Crippen LogP contribution in [0.5, 0.6) is 0 Å². The third kappa shape index (κ3) is 6.73. The molecule has 4 N–H and O–H groups in total. The van der Waals surface area contributed by atoms with Gasteiger partial charge in [-0.15, -0.1) is 0 Å². The molecule has 0 aliphatic heterocycles. The standard InChI is InChI=1S/C15H22N6O.C2HF3O2/c1-8(2)11-6-12(20-15(16)19-11)14(22)17-7-13-18-9(3)10(4)21(13)5;3-2(4,5)1(6)7/h6,8H,7H2,1-5H3,(H,17,22)(H2,16,19,20);(H,6,7). The Balaban J connectivity index is 0.000000516. The Kier molecular flexibility index (Phi) is 7.69. The number of carboxylic acid groups (broad SMARTS) is 1. The molecule has 160 valence electrons. The fraction of sp³-hybridized carbons (Fsp3) is 0.471. The molecule has 1 amide bonds. The highest BCUT2D eigenvalue weighted by molar-refractivity contribution is 5.92. The van der Waals surface area contributed by atoms with E-state index in [0.717, 1.165) is 22.9 Å². The van der Waals surface area contributed by atoms with E-state index < -0.39 is 12.1 Å². The van der Waals surface area contributed by atoms with Crippen molar-refractivity contribution in [3.05, 3.63) is 34.7 Å². The molecule has 0 saturated heterocycles. The number of carbonyl (C=O) groups is 2. The average Bonchev–Trinajstić information content (AvgIpc) is 2.85. The number of aliphatic carboxylic acids is 1. The van der Waals surface area contributed by atoms with Crippen LogP contribution in [0.4, 0.5) is 19.1 Å². The minimum absolute atomic E-state index is 0.111. The lowest BCUT2D eigenvalue weighted by Gasteiger charge is -2.09. The Labute approximate surface area is 165 Å². The molecule has 12 heteroatoms. The zero-order valence-corrected chi connectivity index (χ0v) is 16.6. The van der Waals surface area contributed by atoms with Gasteiger partial charge in [-0.05, 0) is 25.8 Å². The molecular formula is C17H23F3N6O3. The van der Waals surface area contributed by atoms with Crippen LogP contribution in [0, 0.1) is 13.8 Å². The van der Waals surface area contributed by atoms with E-state index in [0.29, 0.717) is 6.54 Å². The molecule has 0 spiro atoms. The zero-order valence-electron chi connectivity index (χ0n) is 16.6. The molecule has 0 radical (unpaired) electrons. The first kappa shape index (κ1) is 23.9. The van der Waals surface area contributed by atoms with E-state index in [4.69, 9.17) is 15.6 Å². The highest BCUT2D eigenvalue weighted by atomic mass is 19.4.